The Kier molecular flexibility index (Phi) is 4.39. The Hall–Kier alpha value is -1.40. The summed E-state index contributed by atoms with van der Waals surface area (Å²) in [5.74, 6) is 1.26. The van der Waals surface area contributed by atoms with Crippen LogP contribution in [-0.2, 0) is 10.0 Å². The average molecular weight is 378 g/mol. The van der Waals surface area contributed by atoms with Gasteiger partial charge in [0.05, 0.1) is 10.5 Å². The lowest BCUT2D eigenvalue weighted by atomic mass is 9.47. The molecule has 142 valence electrons. The molecule has 0 aromatic heterocycles. The van der Waals surface area contributed by atoms with Gasteiger partial charge in [-0.05, 0) is 92.4 Å². The van der Waals surface area contributed by atoms with Crippen molar-refractivity contribution in [3.05, 3.63) is 29.8 Å². The molecule has 0 saturated heterocycles. The first-order valence-electron chi connectivity index (χ1n) is 9.67. The fourth-order valence-electron chi connectivity index (χ4n) is 6.28. The average Bonchev–Trinajstić information content (AvgIpc) is 2.58. The Balaban J connectivity index is 1.57. The summed E-state index contributed by atoms with van der Waals surface area (Å²) in [4.78, 5) is 11.1. The summed E-state index contributed by atoms with van der Waals surface area (Å²) in [5, 5.41) is 8.99. The van der Waals surface area contributed by atoms with Crippen molar-refractivity contribution in [2.75, 3.05) is 0 Å². The van der Waals surface area contributed by atoms with Gasteiger partial charge in [-0.1, -0.05) is 6.92 Å². The number of sulfonamides is 1. The van der Waals surface area contributed by atoms with Crippen LogP contribution in [0.25, 0.3) is 0 Å². The number of carboxylic acids is 1. The monoisotopic (exact) mass is 377 g/mol. The highest BCUT2D eigenvalue weighted by atomic mass is 32.2. The number of benzene rings is 1. The van der Waals surface area contributed by atoms with Gasteiger partial charge in [-0.3, -0.25) is 0 Å². The van der Waals surface area contributed by atoms with Gasteiger partial charge in [0.15, 0.2) is 0 Å². The summed E-state index contributed by atoms with van der Waals surface area (Å²) in [6, 6.07) is 5.43. The summed E-state index contributed by atoms with van der Waals surface area (Å²) >= 11 is 0. The third-order valence-corrected chi connectivity index (χ3v) is 8.43. The Bertz CT molecular complexity index is 764. The molecule has 1 unspecified atom stereocenters. The Morgan fingerprint density at radius 1 is 1.12 bits per heavy atom. The van der Waals surface area contributed by atoms with Crippen LogP contribution in [0.15, 0.2) is 29.2 Å². The van der Waals surface area contributed by atoms with Crippen molar-refractivity contribution in [3.8, 4) is 0 Å². The first kappa shape index (κ1) is 18.0. The standard InChI is InChI=1S/C20H27NO4S/c1-2-18(20-10-13-7-14(11-20)9-15(8-13)12-20)21-26(24,25)17-5-3-16(4-6-17)19(22)23/h3-6,13-15,18,21H,2,7-12H2,1H3,(H,22,23). The number of hydrogen-bond acceptors (Lipinski definition) is 3. The zero-order chi connectivity index (χ0) is 18.5. The van der Waals surface area contributed by atoms with Crippen molar-refractivity contribution < 1.29 is 18.3 Å². The molecule has 4 aliphatic carbocycles. The summed E-state index contributed by atoms with van der Waals surface area (Å²) in [6.07, 6.45) is 8.24. The molecule has 0 heterocycles. The summed E-state index contributed by atoms with van der Waals surface area (Å²) in [7, 11) is -3.65. The largest absolute Gasteiger partial charge is 0.478 e. The van der Waals surface area contributed by atoms with Crippen molar-refractivity contribution in [2.45, 2.75) is 62.8 Å². The van der Waals surface area contributed by atoms with Crippen molar-refractivity contribution in [1.82, 2.24) is 4.72 Å². The van der Waals surface area contributed by atoms with E-state index in [1.807, 2.05) is 0 Å². The van der Waals surface area contributed by atoms with Gasteiger partial charge in [-0.2, -0.15) is 0 Å². The third-order valence-electron chi connectivity index (χ3n) is 6.94. The second-order valence-corrected chi connectivity index (χ2v) is 10.4. The van der Waals surface area contributed by atoms with Gasteiger partial charge < -0.3 is 5.11 Å². The maximum Gasteiger partial charge on any atom is 0.335 e. The highest BCUT2D eigenvalue weighted by Crippen LogP contribution is 2.61. The van der Waals surface area contributed by atoms with E-state index in [2.05, 4.69) is 11.6 Å². The van der Waals surface area contributed by atoms with Crippen molar-refractivity contribution in [3.63, 3.8) is 0 Å². The fourth-order valence-corrected chi connectivity index (χ4v) is 7.70. The second-order valence-electron chi connectivity index (χ2n) is 8.69. The molecule has 5 nitrogen and oxygen atoms in total. The van der Waals surface area contributed by atoms with Crippen LogP contribution in [0.2, 0.25) is 0 Å². The first-order valence-corrected chi connectivity index (χ1v) is 11.2. The maximum absolute atomic E-state index is 12.9. The van der Waals surface area contributed by atoms with Crippen molar-refractivity contribution in [1.29, 1.82) is 0 Å². The maximum atomic E-state index is 12.9. The lowest BCUT2D eigenvalue weighted by Crippen LogP contribution is -2.56. The molecule has 0 spiro atoms. The highest BCUT2D eigenvalue weighted by Gasteiger charge is 2.54. The molecule has 5 rings (SSSR count). The van der Waals surface area contributed by atoms with Crippen LogP contribution >= 0.6 is 0 Å². The van der Waals surface area contributed by atoms with E-state index in [0.29, 0.717) is 0 Å². The van der Waals surface area contributed by atoms with Crippen LogP contribution in [0.1, 0.15) is 62.2 Å². The number of carboxylic acid groups (broad SMARTS) is 1. The van der Waals surface area contributed by atoms with Gasteiger partial charge in [0, 0.05) is 6.04 Å². The van der Waals surface area contributed by atoms with Crippen molar-refractivity contribution >= 4 is 16.0 Å². The zero-order valence-corrected chi connectivity index (χ0v) is 16.0. The molecule has 0 radical (unpaired) electrons. The SMILES string of the molecule is CCC(NS(=O)(=O)c1ccc(C(=O)O)cc1)C12CC3CC(CC(C3)C1)C2. The van der Waals surface area contributed by atoms with E-state index in [-0.39, 0.29) is 21.9 Å². The summed E-state index contributed by atoms with van der Waals surface area (Å²) in [6.45, 7) is 2.07. The molecule has 4 saturated carbocycles. The molecule has 26 heavy (non-hydrogen) atoms. The zero-order valence-electron chi connectivity index (χ0n) is 15.1. The molecule has 1 aromatic carbocycles. The lowest BCUT2D eigenvalue weighted by molar-refractivity contribution is -0.0704. The van der Waals surface area contributed by atoms with E-state index in [1.165, 1.54) is 43.5 Å². The predicted octanol–water partition coefficient (Wildman–Crippen LogP) is 3.66. The van der Waals surface area contributed by atoms with Crippen LogP contribution in [0, 0.1) is 23.2 Å². The van der Waals surface area contributed by atoms with Gasteiger partial charge in [0.1, 0.15) is 0 Å². The third kappa shape index (κ3) is 3.07. The van der Waals surface area contributed by atoms with E-state index < -0.39 is 16.0 Å². The molecule has 4 bridgehead atoms. The smallest absolute Gasteiger partial charge is 0.335 e. The molecule has 1 atom stereocenters. The number of hydrogen-bond donors (Lipinski definition) is 2. The minimum Gasteiger partial charge on any atom is -0.478 e. The normalized spacial score (nSPS) is 34.0. The van der Waals surface area contributed by atoms with Crippen LogP contribution < -0.4 is 4.72 Å². The lowest BCUT2D eigenvalue weighted by Gasteiger charge is -2.59. The van der Waals surface area contributed by atoms with Crippen LogP contribution in [0.4, 0.5) is 0 Å². The van der Waals surface area contributed by atoms with Gasteiger partial charge in [-0.15, -0.1) is 0 Å². The van der Waals surface area contributed by atoms with Crippen LogP contribution in [-0.4, -0.2) is 25.5 Å². The van der Waals surface area contributed by atoms with Gasteiger partial charge in [-0.25, -0.2) is 17.9 Å². The molecule has 1 aromatic rings. The molecule has 2 N–H and O–H groups in total. The van der Waals surface area contributed by atoms with E-state index in [1.54, 1.807) is 0 Å². The predicted molar refractivity (Wildman–Crippen MR) is 98.4 cm³/mol. The van der Waals surface area contributed by atoms with E-state index in [0.717, 1.165) is 43.4 Å². The molecular formula is C20H27NO4S. The number of rotatable bonds is 6. The molecule has 4 fully saturated rings. The Morgan fingerprint density at radius 3 is 2.04 bits per heavy atom. The van der Waals surface area contributed by atoms with E-state index in [9.17, 15) is 13.2 Å². The fraction of sp³-hybridized carbons (Fsp3) is 0.650. The Morgan fingerprint density at radius 2 is 1.62 bits per heavy atom. The minimum atomic E-state index is -3.65. The van der Waals surface area contributed by atoms with E-state index >= 15 is 0 Å². The number of carbonyl (C=O) groups is 1. The van der Waals surface area contributed by atoms with Gasteiger partial charge in [0.2, 0.25) is 10.0 Å². The first-order chi connectivity index (χ1) is 12.3. The highest BCUT2D eigenvalue weighted by molar-refractivity contribution is 7.89. The topological polar surface area (TPSA) is 83.5 Å². The van der Waals surface area contributed by atoms with Crippen molar-refractivity contribution in [2.24, 2.45) is 23.2 Å². The molecule has 0 aliphatic heterocycles. The molecule has 6 heteroatoms. The minimum absolute atomic E-state index is 0.0416. The Labute approximate surface area is 155 Å². The molecular weight excluding hydrogens is 350 g/mol. The van der Waals surface area contributed by atoms with Gasteiger partial charge >= 0.3 is 5.97 Å². The van der Waals surface area contributed by atoms with Gasteiger partial charge in [0.25, 0.3) is 0 Å². The van der Waals surface area contributed by atoms with E-state index in [4.69, 9.17) is 5.11 Å². The van der Waals surface area contributed by atoms with Crippen LogP contribution in [0.3, 0.4) is 0 Å². The quantitative estimate of drug-likeness (QED) is 0.792. The molecule has 0 amide bonds. The second kappa shape index (κ2) is 6.34. The summed E-state index contributed by atoms with van der Waals surface area (Å²) in [5.41, 5.74) is 0.203. The number of aromatic carboxylic acids is 1. The van der Waals surface area contributed by atoms with Crippen LogP contribution in [0.5, 0.6) is 0 Å². The summed E-state index contributed by atoms with van der Waals surface area (Å²) < 4.78 is 28.8. The molecule has 4 aliphatic rings. The number of nitrogens with one attached hydrogen (secondary N) is 1.